The number of aromatic nitrogens is 2. The van der Waals surface area contributed by atoms with Crippen LogP contribution in [0, 0.1) is 11.6 Å². The van der Waals surface area contributed by atoms with Gasteiger partial charge in [0.15, 0.2) is 5.03 Å². The topological polar surface area (TPSA) is 66.1 Å². The average molecular weight is 472 g/mol. The fraction of sp³-hybridized carbons (Fsp3) is 0.250. The zero-order chi connectivity index (χ0) is 21.5. The maximum atomic E-state index is 13.7. The lowest BCUT2D eigenvalue weighted by Gasteiger charge is -2.17. The van der Waals surface area contributed by atoms with E-state index < -0.39 is 27.6 Å². The highest BCUT2D eigenvalue weighted by molar-refractivity contribution is 7.89. The smallest absolute Gasteiger partial charge is 0.260 e. The van der Waals surface area contributed by atoms with E-state index in [0.717, 1.165) is 12.8 Å². The zero-order valence-corrected chi connectivity index (χ0v) is 17.9. The summed E-state index contributed by atoms with van der Waals surface area (Å²) in [6, 6.07) is 8.30. The number of sulfonamides is 1. The molecule has 1 fully saturated rings. The molecule has 2 heterocycles. The van der Waals surface area contributed by atoms with Gasteiger partial charge in [0.25, 0.3) is 10.0 Å². The number of hydrogen-bond acceptors (Lipinski definition) is 3. The predicted octanol–water partition coefficient (Wildman–Crippen LogP) is 4.96. The molecule has 0 unspecified atom stereocenters. The molecular formula is C20H17Cl2F2N3O2S. The summed E-state index contributed by atoms with van der Waals surface area (Å²) in [5.41, 5.74) is 1.09. The minimum Gasteiger partial charge on any atom is -0.331 e. The van der Waals surface area contributed by atoms with Crippen LogP contribution in [0.15, 0.2) is 47.6 Å². The van der Waals surface area contributed by atoms with Crippen molar-refractivity contribution >= 4 is 33.2 Å². The van der Waals surface area contributed by atoms with Gasteiger partial charge in [-0.3, -0.25) is 0 Å². The molecule has 2 aromatic carbocycles. The molecule has 1 aliphatic heterocycles. The van der Waals surface area contributed by atoms with Crippen LogP contribution >= 0.6 is 23.2 Å². The van der Waals surface area contributed by atoms with Crippen molar-refractivity contribution in [3.63, 3.8) is 0 Å². The third-order valence-corrected chi connectivity index (χ3v) is 7.47. The Balaban J connectivity index is 1.81. The number of H-pyrrole nitrogens is 1. The highest BCUT2D eigenvalue weighted by Crippen LogP contribution is 2.34. The maximum absolute atomic E-state index is 13.7. The van der Waals surface area contributed by atoms with Gasteiger partial charge in [-0.05, 0) is 48.2 Å². The Morgan fingerprint density at radius 1 is 0.967 bits per heavy atom. The lowest BCUT2D eigenvalue weighted by molar-refractivity contribution is 0.474. The van der Waals surface area contributed by atoms with Gasteiger partial charge >= 0.3 is 0 Å². The summed E-state index contributed by atoms with van der Waals surface area (Å²) in [5.74, 6) is -1.55. The normalized spacial score (nSPS) is 15.2. The Morgan fingerprint density at radius 3 is 2.00 bits per heavy atom. The first-order valence-electron chi connectivity index (χ1n) is 9.22. The van der Waals surface area contributed by atoms with Crippen molar-refractivity contribution in [1.82, 2.24) is 14.3 Å². The third kappa shape index (κ3) is 3.97. The lowest BCUT2D eigenvalue weighted by atomic mass is 9.90. The molecule has 0 bridgehead atoms. The van der Waals surface area contributed by atoms with Crippen molar-refractivity contribution in [2.75, 3.05) is 13.1 Å². The average Bonchev–Trinajstić information content (AvgIpc) is 3.40. The van der Waals surface area contributed by atoms with Crippen LogP contribution in [0.4, 0.5) is 8.78 Å². The number of nitrogens with zero attached hydrogens (tertiary/aromatic N) is 2. The molecule has 1 N–H and O–H groups in total. The van der Waals surface area contributed by atoms with Gasteiger partial charge in [0.05, 0.1) is 22.2 Å². The summed E-state index contributed by atoms with van der Waals surface area (Å²) in [7, 11) is -3.70. The van der Waals surface area contributed by atoms with Crippen LogP contribution in [-0.4, -0.2) is 35.8 Å². The van der Waals surface area contributed by atoms with Crippen LogP contribution < -0.4 is 0 Å². The van der Waals surface area contributed by atoms with E-state index in [-0.39, 0.29) is 20.9 Å². The molecule has 0 atom stereocenters. The summed E-state index contributed by atoms with van der Waals surface area (Å²) in [6.45, 7) is 0.919. The van der Waals surface area contributed by atoms with E-state index in [1.165, 1.54) is 46.9 Å². The van der Waals surface area contributed by atoms with E-state index in [9.17, 15) is 17.2 Å². The Labute approximate surface area is 182 Å². The number of halogens is 4. The van der Waals surface area contributed by atoms with E-state index in [2.05, 4.69) is 9.97 Å². The molecule has 10 heteroatoms. The number of rotatable bonds is 5. The summed E-state index contributed by atoms with van der Waals surface area (Å²) in [4.78, 5) is 7.16. The molecule has 30 heavy (non-hydrogen) atoms. The van der Waals surface area contributed by atoms with E-state index in [0.29, 0.717) is 24.2 Å². The number of nitrogens with one attached hydrogen (secondary N) is 1. The summed E-state index contributed by atoms with van der Waals surface area (Å²) in [6.07, 6.45) is 2.88. The van der Waals surface area contributed by atoms with Crippen molar-refractivity contribution in [1.29, 1.82) is 0 Å². The lowest BCUT2D eigenvalue weighted by Crippen LogP contribution is -2.28. The van der Waals surface area contributed by atoms with Crippen molar-refractivity contribution < 1.29 is 17.2 Å². The van der Waals surface area contributed by atoms with E-state index in [1.54, 1.807) is 0 Å². The van der Waals surface area contributed by atoms with Gasteiger partial charge in [0.1, 0.15) is 17.5 Å². The summed E-state index contributed by atoms with van der Waals surface area (Å²) >= 11 is 11.9. The molecule has 0 spiro atoms. The van der Waals surface area contributed by atoms with Crippen LogP contribution in [0.3, 0.4) is 0 Å². The molecule has 0 saturated carbocycles. The fourth-order valence-corrected chi connectivity index (χ4v) is 5.37. The van der Waals surface area contributed by atoms with Crippen molar-refractivity contribution in [2.45, 2.75) is 23.8 Å². The van der Waals surface area contributed by atoms with E-state index >= 15 is 0 Å². The van der Waals surface area contributed by atoms with Crippen LogP contribution in [-0.2, 0) is 10.0 Å². The highest BCUT2D eigenvalue weighted by Gasteiger charge is 2.30. The molecule has 0 amide bonds. The molecule has 158 valence electrons. The first-order valence-corrected chi connectivity index (χ1v) is 11.4. The second-order valence-electron chi connectivity index (χ2n) is 7.02. The number of imidazole rings is 1. The fourth-order valence-electron chi connectivity index (χ4n) is 3.56. The predicted molar refractivity (Wildman–Crippen MR) is 110 cm³/mol. The van der Waals surface area contributed by atoms with Crippen molar-refractivity contribution in [2.24, 2.45) is 0 Å². The minimum atomic E-state index is -3.70. The second-order valence-corrected chi connectivity index (χ2v) is 9.74. The van der Waals surface area contributed by atoms with Gasteiger partial charge in [-0.1, -0.05) is 35.3 Å². The Hall–Kier alpha value is -2.00. The second kappa shape index (κ2) is 8.26. The molecule has 4 rings (SSSR count). The minimum absolute atomic E-state index is 0.0363. The quantitative estimate of drug-likeness (QED) is 0.571. The first-order chi connectivity index (χ1) is 14.3. The summed E-state index contributed by atoms with van der Waals surface area (Å²) in [5, 5.41) is -0.227. The van der Waals surface area contributed by atoms with Crippen LogP contribution in [0.5, 0.6) is 0 Å². The van der Waals surface area contributed by atoms with Gasteiger partial charge in [-0.2, -0.15) is 4.31 Å². The molecule has 3 aromatic rings. The molecular weight excluding hydrogens is 455 g/mol. The Kier molecular flexibility index (Phi) is 5.85. The number of hydrogen-bond donors (Lipinski definition) is 1. The first kappa shape index (κ1) is 21.2. The number of benzene rings is 2. The molecule has 1 aromatic heterocycles. The highest BCUT2D eigenvalue weighted by atomic mass is 35.5. The molecule has 0 aliphatic carbocycles. The third-order valence-electron chi connectivity index (χ3n) is 5.08. The zero-order valence-electron chi connectivity index (χ0n) is 15.6. The van der Waals surface area contributed by atoms with Gasteiger partial charge in [-0.25, -0.2) is 22.2 Å². The number of aromatic amines is 1. The molecule has 5 nitrogen and oxygen atoms in total. The summed E-state index contributed by atoms with van der Waals surface area (Å²) < 4.78 is 54.5. The van der Waals surface area contributed by atoms with Gasteiger partial charge < -0.3 is 4.98 Å². The molecule has 1 aliphatic rings. The molecule has 0 radical (unpaired) electrons. The Morgan fingerprint density at radius 2 is 1.50 bits per heavy atom. The van der Waals surface area contributed by atoms with Crippen molar-refractivity contribution in [3.8, 4) is 0 Å². The van der Waals surface area contributed by atoms with Crippen molar-refractivity contribution in [3.05, 3.63) is 81.2 Å². The maximum Gasteiger partial charge on any atom is 0.260 e. The van der Waals surface area contributed by atoms with Gasteiger partial charge in [0.2, 0.25) is 0 Å². The molecule has 1 saturated heterocycles. The van der Waals surface area contributed by atoms with E-state index in [4.69, 9.17) is 23.2 Å². The van der Waals surface area contributed by atoms with E-state index in [1.807, 2.05) is 0 Å². The standard InChI is InChI=1S/C20H17Cl2F2N3O2S/c21-14-9-12(3-5-16(14)23)19(13-4-6-17(24)15(22)10-13)20-25-11-18(26-20)30(28,29)27-7-1-2-8-27/h3-6,9-11,19H,1-2,7-8H2,(H,25,26). The van der Waals surface area contributed by atoms with Gasteiger partial charge in [0, 0.05) is 13.1 Å². The van der Waals surface area contributed by atoms with Gasteiger partial charge in [-0.15, -0.1) is 0 Å². The SMILES string of the molecule is O=S(=O)(c1cnc(C(c2ccc(F)c(Cl)c2)c2ccc(F)c(Cl)c2)[nH]1)N1CCCC1. The monoisotopic (exact) mass is 471 g/mol. The van der Waals surface area contributed by atoms with Crippen LogP contribution in [0.2, 0.25) is 10.0 Å². The largest absolute Gasteiger partial charge is 0.331 e. The van der Waals surface area contributed by atoms with Crippen LogP contribution in [0.25, 0.3) is 0 Å². The van der Waals surface area contributed by atoms with Crippen LogP contribution in [0.1, 0.15) is 35.7 Å². The Bertz CT molecular complexity index is 1140.